The highest BCUT2D eigenvalue weighted by Crippen LogP contribution is 2.26. The fourth-order valence-corrected chi connectivity index (χ4v) is 3.49. The van der Waals surface area contributed by atoms with Gasteiger partial charge in [-0.25, -0.2) is 4.98 Å². The summed E-state index contributed by atoms with van der Waals surface area (Å²) in [6.07, 6.45) is 0. The molecule has 0 spiro atoms. The maximum Gasteiger partial charge on any atom is 0.258 e. The molecule has 0 aliphatic carbocycles. The van der Waals surface area contributed by atoms with Gasteiger partial charge in [0.25, 0.3) is 5.91 Å². The number of hydrogen-bond donors (Lipinski definition) is 2. The Morgan fingerprint density at radius 1 is 1.14 bits per heavy atom. The number of aromatic amines is 1. The summed E-state index contributed by atoms with van der Waals surface area (Å²) < 4.78 is 5.55. The van der Waals surface area contributed by atoms with Crippen molar-refractivity contribution in [2.45, 2.75) is 12.0 Å². The van der Waals surface area contributed by atoms with Crippen LogP contribution in [0.2, 0.25) is 0 Å². The van der Waals surface area contributed by atoms with Crippen LogP contribution in [0.4, 0.5) is 0 Å². The van der Waals surface area contributed by atoms with E-state index < -0.39 is 0 Å². The normalized spacial score (nSPS) is 19.5. The van der Waals surface area contributed by atoms with Crippen LogP contribution in [0.1, 0.15) is 11.7 Å². The number of carbonyl (C=O) groups is 1. The number of para-hydroxylation sites is 1. The lowest BCUT2D eigenvalue weighted by Crippen LogP contribution is -2.42. The Morgan fingerprint density at radius 2 is 1.86 bits per heavy atom. The number of aromatic nitrogens is 3. The van der Waals surface area contributed by atoms with Gasteiger partial charge in [-0.05, 0) is 19.2 Å². The van der Waals surface area contributed by atoms with Gasteiger partial charge in [0, 0.05) is 18.7 Å². The summed E-state index contributed by atoms with van der Waals surface area (Å²) in [6.45, 7) is 1.54. The summed E-state index contributed by atoms with van der Waals surface area (Å²) in [7, 11) is 2.04. The topological polar surface area (TPSA) is 83.1 Å². The summed E-state index contributed by atoms with van der Waals surface area (Å²) in [5, 5.41) is 10.5. The van der Waals surface area contributed by atoms with Crippen molar-refractivity contribution in [3.05, 3.63) is 66.5 Å². The molecule has 0 saturated carbocycles. The van der Waals surface area contributed by atoms with Gasteiger partial charge < -0.3 is 15.0 Å². The molecule has 144 valence electrons. The number of likely N-dealkylation sites (tertiary alicyclic amines) is 1. The first-order valence-corrected chi connectivity index (χ1v) is 9.32. The van der Waals surface area contributed by atoms with Crippen LogP contribution in [0.15, 0.2) is 60.7 Å². The number of benzene rings is 2. The molecule has 2 atom stereocenters. The third kappa shape index (κ3) is 4.20. The number of nitrogens with one attached hydrogen (secondary N) is 2. The number of rotatable bonds is 6. The fraction of sp³-hybridized carbons (Fsp3) is 0.286. The maximum atomic E-state index is 12.4. The van der Waals surface area contributed by atoms with Crippen LogP contribution in [0.3, 0.4) is 0 Å². The molecule has 7 nitrogen and oxygen atoms in total. The molecule has 1 amide bonds. The first-order valence-electron chi connectivity index (χ1n) is 9.32. The number of likely N-dealkylation sites (N-methyl/N-ethyl adjacent to an activating group) is 1. The van der Waals surface area contributed by atoms with E-state index in [2.05, 4.69) is 25.4 Å². The monoisotopic (exact) mass is 377 g/mol. The molecule has 1 aromatic heterocycles. The van der Waals surface area contributed by atoms with Gasteiger partial charge in [-0.2, -0.15) is 5.10 Å². The third-order valence-electron chi connectivity index (χ3n) is 4.85. The first kappa shape index (κ1) is 18.2. The van der Waals surface area contributed by atoms with Crippen molar-refractivity contribution >= 4 is 5.91 Å². The Kier molecular flexibility index (Phi) is 5.34. The van der Waals surface area contributed by atoms with Crippen molar-refractivity contribution < 1.29 is 9.53 Å². The molecule has 0 radical (unpaired) electrons. The first-order chi connectivity index (χ1) is 13.7. The van der Waals surface area contributed by atoms with E-state index in [9.17, 15) is 4.79 Å². The van der Waals surface area contributed by atoms with Crippen LogP contribution >= 0.6 is 0 Å². The Balaban J connectivity index is 1.41. The van der Waals surface area contributed by atoms with Crippen molar-refractivity contribution in [1.29, 1.82) is 0 Å². The second-order valence-corrected chi connectivity index (χ2v) is 7.01. The Hall–Kier alpha value is -3.19. The minimum atomic E-state index is -0.142. The molecule has 1 saturated heterocycles. The van der Waals surface area contributed by atoms with E-state index >= 15 is 0 Å². The zero-order valence-electron chi connectivity index (χ0n) is 15.7. The second kappa shape index (κ2) is 8.22. The van der Waals surface area contributed by atoms with Gasteiger partial charge in [0.15, 0.2) is 12.4 Å². The van der Waals surface area contributed by atoms with E-state index in [0.29, 0.717) is 11.6 Å². The molecule has 1 aliphatic heterocycles. The van der Waals surface area contributed by atoms with Crippen LogP contribution < -0.4 is 10.1 Å². The number of ether oxygens (including phenoxy) is 1. The predicted octanol–water partition coefficient (Wildman–Crippen LogP) is 2.06. The summed E-state index contributed by atoms with van der Waals surface area (Å²) >= 11 is 0. The molecular formula is C21H23N5O2. The molecule has 2 heterocycles. The SMILES string of the molecule is CN1C[C@@H](NC(=O)COc2ccccc2)[C@H](c2nc(-c3ccccc3)n[nH]2)C1. The molecule has 0 unspecified atom stereocenters. The average molecular weight is 377 g/mol. The number of nitrogens with zero attached hydrogens (tertiary/aromatic N) is 3. The molecule has 0 bridgehead atoms. The molecular weight excluding hydrogens is 354 g/mol. The Bertz CT molecular complexity index is 913. The molecule has 3 aromatic rings. The highest BCUT2D eigenvalue weighted by molar-refractivity contribution is 5.78. The molecule has 1 fully saturated rings. The smallest absolute Gasteiger partial charge is 0.258 e. The Labute approximate surface area is 163 Å². The van der Waals surface area contributed by atoms with Crippen molar-refractivity contribution in [3.63, 3.8) is 0 Å². The van der Waals surface area contributed by atoms with Crippen molar-refractivity contribution in [1.82, 2.24) is 25.4 Å². The lowest BCUT2D eigenvalue weighted by Gasteiger charge is -2.18. The third-order valence-corrected chi connectivity index (χ3v) is 4.85. The lowest BCUT2D eigenvalue weighted by atomic mass is 10.0. The highest BCUT2D eigenvalue weighted by Gasteiger charge is 2.35. The van der Waals surface area contributed by atoms with Gasteiger partial charge in [0.2, 0.25) is 0 Å². The minimum Gasteiger partial charge on any atom is -0.484 e. The van der Waals surface area contributed by atoms with E-state index in [4.69, 9.17) is 4.74 Å². The van der Waals surface area contributed by atoms with Gasteiger partial charge in [-0.1, -0.05) is 48.5 Å². The average Bonchev–Trinajstić information content (AvgIpc) is 3.34. The molecule has 1 aliphatic rings. The van der Waals surface area contributed by atoms with E-state index in [0.717, 1.165) is 24.5 Å². The maximum absolute atomic E-state index is 12.4. The van der Waals surface area contributed by atoms with Crippen LogP contribution in [-0.2, 0) is 4.79 Å². The van der Waals surface area contributed by atoms with Crippen LogP contribution in [-0.4, -0.2) is 58.8 Å². The standard InChI is InChI=1S/C21H23N5O2/c1-26-12-17(21-23-20(24-25-21)15-8-4-2-5-9-15)18(13-26)22-19(27)14-28-16-10-6-3-7-11-16/h2-11,17-18H,12-14H2,1H3,(H,22,27)(H,23,24,25)/t17-,18-/m1/s1. The van der Waals surface area contributed by atoms with Crippen molar-refractivity contribution in [3.8, 4) is 17.1 Å². The quantitative estimate of drug-likeness (QED) is 0.687. The number of H-pyrrole nitrogens is 1. The fourth-order valence-electron chi connectivity index (χ4n) is 3.49. The van der Waals surface area contributed by atoms with Gasteiger partial charge in [0.05, 0.1) is 12.0 Å². The van der Waals surface area contributed by atoms with E-state index in [-0.39, 0.29) is 24.5 Å². The molecule has 4 rings (SSSR count). The molecule has 7 heteroatoms. The van der Waals surface area contributed by atoms with Crippen LogP contribution in [0.5, 0.6) is 5.75 Å². The number of amides is 1. The lowest BCUT2D eigenvalue weighted by molar-refractivity contribution is -0.123. The zero-order valence-corrected chi connectivity index (χ0v) is 15.7. The van der Waals surface area contributed by atoms with Crippen molar-refractivity contribution in [2.24, 2.45) is 0 Å². The van der Waals surface area contributed by atoms with Gasteiger partial charge >= 0.3 is 0 Å². The minimum absolute atomic E-state index is 0.0113. The van der Waals surface area contributed by atoms with Crippen LogP contribution in [0, 0.1) is 0 Å². The summed E-state index contributed by atoms with van der Waals surface area (Å²) in [4.78, 5) is 19.2. The van der Waals surface area contributed by atoms with Crippen LogP contribution in [0.25, 0.3) is 11.4 Å². The Morgan fingerprint density at radius 3 is 2.61 bits per heavy atom. The van der Waals surface area contributed by atoms with Gasteiger partial charge in [-0.15, -0.1) is 0 Å². The van der Waals surface area contributed by atoms with Gasteiger partial charge in [0.1, 0.15) is 11.6 Å². The molecule has 2 aromatic carbocycles. The van der Waals surface area contributed by atoms with Gasteiger partial charge in [-0.3, -0.25) is 9.89 Å². The van der Waals surface area contributed by atoms with E-state index in [1.165, 1.54) is 0 Å². The van der Waals surface area contributed by atoms with Crippen molar-refractivity contribution in [2.75, 3.05) is 26.7 Å². The zero-order chi connectivity index (χ0) is 19.3. The predicted molar refractivity (Wildman–Crippen MR) is 106 cm³/mol. The molecule has 2 N–H and O–H groups in total. The summed E-state index contributed by atoms with van der Waals surface area (Å²) in [5.41, 5.74) is 0.966. The molecule has 28 heavy (non-hydrogen) atoms. The highest BCUT2D eigenvalue weighted by atomic mass is 16.5. The summed E-state index contributed by atoms with van der Waals surface area (Å²) in [6, 6.07) is 19.1. The second-order valence-electron chi connectivity index (χ2n) is 7.01. The van der Waals surface area contributed by atoms with E-state index in [1.807, 2.05) is 67.7 Å². The number of carbonyl (C=O) groups excluding carboxylic acids is 1. The number of hydrogen-bond acceptors (Lipinski definition) is 5. The summed E-state index contributed by atoms with van der Waals surface area (Å²) in [5.74, 6) is 2.05. The van der Waals surface area contributed by atoms with E-state index in [1.54, 1.807) is 0 Å². The largest absolute Gasteiger partial charge is 0.484 e.